The first kappa shape index (κ1) is 20.4. The number of unbranched alkanes of at least 4 members (excludes halogenated alkanes) is 2. The Morgan fingerprint density at radius 1 is 1.19 bits per heavy atom. The molecule has 0 aliphatic carbocycles. The van der Waals surface area contributed by atoms with Crippen molar-refractivity contribution in [1.29, 1.82) is 0 Å². The van der Waals surface area contributed by atoms with Crippen LogP contribution in [0.5, 0.6) is 0 Å². The van der Waals surface area contributed by atoms with Gasteiger partial charge in [-0.25, -0.2) is 15.0 Å². The summed E-state index contributed by atoms with van der Waals surface area (Å²) in [7, 11) is 0. The Bertz CT molecular complexity index is 1210. The third-order valence-electron chi connectivity index (χ3n) is 5.94. The molecule has 0 aromatic carbocycles. The number of furan rings is 1. The van der Waals surface area contributed by atoms with Crippen molar-refractivity contribution in [2.75, 3.05) is 5.32 Å². The molecule has 0 saturated carbocycles. The fourth-order valence-corrected chi connectivity index (χ4v) is 5.48. The molecule has 0 bridgehead atoms. The number of hydrogen-bond donors (Lipinski definition) is 1. The van der Waals surface area contributed by atoms with Crippen LogP contribution in [0.4, 0.5) is 5.82 Å². The summed E-state index contributed by atoms with van der Waals surface area (Å²) in [6.07, 6.45) is 8.78. The number of ether oxygens (including phenoxy) is 1. The van der Waals surface area contributed by atoms with Crippen LogP contribution < -0.4 is 5.32 Å². The van der Waals surface area contributed by atoms with Gasteiger partial charge in [-0.05, 0) is 44.4 Å². The van der Waals surface area contributed by atoms with Crippen LogP contribution in [0.3, 0.4) is 0 Å². The zero-order chi connectivity index (χ0) is 21.4. The molecule has 0 spiro atoms. The van der Waals surface area contributed by atoms with Crippen molar-refractivity contribution in [3.05, 3.63) is 47.3 Å². The van der Waals surface area contributed by atoms with E-state index in [0.717, 1.165) is 45.9 Å². The second-order valence-corrected chi connectivity index (χ2v) is 9.81. The number of thiophene rings is 1. The highest BCUT2D eigenvalue weighted by molar-refractivity contribution is 7.26. The van der Waals surface area contributed by atoms with E-state index in [-0.39, 0.29) is 5.60 Å². The lowest BCUT2D eigenvalue weighted by atomic mass is 9.88. The lowest BCUT2D eigenvalue weighted by Gasteiger charge is -2.33. The van der Waals surface area contributed by atoms with Gasteiger partial charge in [0, 0.05) is 23.1 Å². The van der Waals surface area contributed by atoms with Gasteiger partial charge in [-0.3, -0.25) is 0 Å². The summed E-state index contributed by atoms with van der Waals surface area (Å²) in [5, 5.41) is 4.59. The summed E-state index contributed by atoms with van der Waals surface area (Å²) in [5.74, 6) is 1.71. The van der Waals surface area contributed by atoms with E-state index in [4.69, 9.17) is 19.1 Å². The van der Waals surface area contributed by atoms with Crippen molar-refractivity contribution >= 4 is 37.6 Å². The van der Waals surface area contributed by atoms with Gasteiger partial charge in [0.25, 0.3) is 0 Å². The zero-order valence-corrected chi connectivity index (χ0v) is 19.1. The summed E-state index contributed by atoms with van der Waals surface area (Å²) in [6, 6.07) is 3.85. The van der Waals surface area contributed by atoms with Crippen molar-refractivity contribution in [1.82, 2.24) is 15.0 Å². The van der Waals surface area contributed by atoms with Gasteiger partial charge in [-0.15, -0.1) is 11.3 Å². The second-order valence-electron chi connectivity index (χ2n) is 8.81. The highest BCUT2D eigenvalue weighted by atomic mass is 32.1. The highest BCUT2D eigenvalue weighted by Crippen LogP contribution is 2.42. The Hall–Kier alpha value is -2.51. The van der Waals surface area contributed by atoms with Gasteiger partial charge in [-0.2, -0.15) is 0 Å². The maximum atomic E-state index is 6.19. The molecule has 4 aromatic rings. The van der Waals surface area contributed by atoms with Crippen molar-refractivity contribution < 1.29 is 9.15 Å². The Kier molecular flexibility index (Phi) is 5.40. The third kappa shape index (κ3) is 3.92. The Morgan fingerprint density at radius 2 is 2.10 bits per heavy atom. The molecule has 7 heteroatoms. The molecular weight excluding hydrogens is 408 g/mol. The van der Waals surface area contributed by atoms with Crippen LogP contribution in [-0.2, 0) is 30.7 Å². The van der Waals surface area contributed by atoms with Crippen molar-refractivity contribution in [2.45, 2.75) is 71.6 Å². The monoisotopic (exact) mass is 436 g/mol. The number of anilines is 1. The lowest BCUT2D eigenvalue weighted by Crippen LogP contribution is -2.32. The predicted molar refractivity (Wildman–Crippen MR) is 125 cm³/mol. The molecule has 1 aliphatic heterocycles. The summed E-state index contributed by atoms with van der Waals surface area (Å²) in [4.78, 5) is 15.4. The van der Waals surface area contributed by atoms with Crippen molar-refractivity contribution in [3.63, 3.8) is 0 Å². The second kappa shape index (κ2) is 8.20. The number of fused-ring (bicyclic) bond motifs is 5. The molecule has 0 unspecified atom stereocenters. The maximum absolute atomic E-state index is 6.19. The number of pyridine rings is 1. The van der Waals surface area contributed by atoms with Gasteiger partial charge in [0.05, 0.1) is 35.2 Å². The average molecular weight is 437 g/mol. The highest BCUT2D eigenvalue weighted by Gasteiger charge is 2.31. The number of nitrogens with zero attached hydrogens (tertiary/aromatic N) is 3. The van der Waals surface area contributed by atoms with E-state index in [1.807, 2.05) is 12.1 Å². The molecule has 31 heavy (non-hydrogen) atoms. The van der Waals surface area contributed by atoms with Crippen LogP contribution in [0.25, 0.3) is 20.4 Å². The topological polar surface area (TPSA) is 73.1 Å². The smallest absolute Gasteiger partial charge is 0.147 e. The van der Waals surface area contributed by atoms with Crippen LogP contribution in [0.2, 0.25) is 0 Å². The first-order valence-electron chi connectivity index (χ1n) is 11.0. The fraction of sp³-hybridized carbons (Fsp3) is 0.458. The standard InChI is InChI=1S/C24H28N4O2S/c1-4-5-6-9-18-17-13-30-24(2,3)11-16(17)19-20-21(31-23(19)28-18)22(27-14-26-20)25-12-15-8-7-10-29-15/h7-8,10,14H,4-6,9,11-13H2,1-3H3,(H,25,26,27). The molecule has 0 amide bonds. The first-order chi connectivity index (χ1) is 15.1. The average Bonchev–Trinajstić information content (AvgIpc) is 3.39. The third-order valence-corrected chi connectivity index (χ3v) is 7.02. The first-order valence-corrected chi connectivity index (χ1v) is 11.9. The van der Waals surface area contributed by atoms with Gasteiger partial charge in [0.1, 0.15) is 22.7 Å². The van der Waals surface area contributed by atoms with Gasteiger partial charge >= 0.3 is 0 Å². The van der Waals surface area contributed by atoms with Crippen LogP contribution >= 0.6 is 11.3 Å². The molecule has 4 aromatic heterocycles. The largest absolute Gasteiger partial charge is 0.467 e. The molecule has 0 saturated heterocycles. The molecule has 0 fully saturated rings. The van der Waals surface area contributed by atoms with Crippen molar-refractivity contribution in [2.24, 2.45) is 0 Å². The number of nitrogens with one attached hydrogen (secondary N) is 1. The van der Waals surface area contributed by atoms with Gasteiger partial charge in [0.2, 0.25) is 0 Å². The van der Waals surface area contributed by atoms with E-state index < -0.39 is 0 Å². The van der Waals surface area contributed by atoms with Crippen LogP contribution in [0.15, 0.2) is 29.1 Å². The summed E-state index contributed by atoms with van der Waals surface area (Å²) >= 11 is 1.68. The fourth-order valence-electron chi connectivity index (χ4n) is 4.33. The summed E-state index contributed by atoms with van der Waals surface area (Å²) in [5.41, 5.74) is 4.61. The number of hydrogen-bond acceptors (Lipinski definition) is 7. The van der Waals surface area contributed by atoms with Crippen LogP contribution in [0, 0.1) is 0 Å². The minimum atomic E-state index is -0.191. The van der Waals surface area contributed by atoms with Crippen LogP contribution in [0.1, 0.15) is 62.6 Å². The SMILES string of the molecule is CCCCCc1nc2sc3c(NCc4ccco4)ncnc3c2c2c1COC(C)(C)C2. The van der Waals surface area contributed by atoms with E-state index in [1.54, 1.807) is 23.9 Å². The van der Waals surface area contributed by atoms with Crippen LogP contribution in [-0.4, -0.2) is 20.6 Å². The number of rotatable bonds is 7. The molecule has 1 aliphatic rings. The molecule has 5 rings (SSSR count). The molecule has 0 atom stereocenters. The van der Waals surface area contributed by atoms with E-state index in [2.05, 4.69) is 31.1 Å². The van der Waals surface area contributed by atoms with E-state index in [9.17, 15) is 0 Å². The predicted octanol–water partition coefficient (Wildman–Crippen LogP) is 6.03. The van der Waals surface area contributed by atoms with Crippen molar-refractivity contribution in [3.8, 4) is 0 Å². The maximum Gasteiger partial charge on any atom is 0.147 e. The quantitative estimate of drug-likeness (QED) is 0.357. The normalized spacial score (nSPS) is 15.5. The Balaban J connectivity index is 1.63. The molecule has 0 radical (unpaired) electrons. The summed E-state index contributed by atoms with van der Waals surface area (Å²) < 4.78 is 12.7. The minimum Gasteiger partial charge on any atom is -0.467 e. The zero-order valence-electron chi connectivity index (χ0n) is 18.3. The molecular formula is C24H28N4O2S. The van der Waals surface area contributed by atoms with E-state index in [1.165, 1.54) is 35.0 Å². The Morgan fingerprint density at radius 3 is 2.90 bits per heavy atom. The molecule has 1 N–H and O–H groups in total. The molecule has 5 heterocycles. The molecule has 6 nitrogen and oxygen atoms in total. The van der Waals surface area contributed by atoms with E-state index >= 15 is 0 Å². The number of aryl methyl sites for hydroxylation is 1. The molecule has 162 valence electrons. The lowest BCUT2D eigenvalue weighted by molar-refractivity contribution is -0.0401. The number of aromatic nitrogens is 3. The van der Waals surface area contributed by atoms with Gasteiger partial charge in [0.15, 0.2) is 0 Å². The Labute approximate surface area is 186 Å². The summed E-state index contributed by atoms with van der Waals surface area (Å²) in [6.45, 7) is 7.78. The van der Waals surface area contributed by atoms with Gasteiger partial charge < -0.3 is 14.5 Å². The minimum absolute atomic E-state index is 0.191. The van der Waals surface area contributed by atoms with Gasteiger partial charge in [-0.1, -0.05) is 19.8 Å². The van der Waals surface area contributed by atoms with E-state index in [0.29, 0.717) is 13.2 Å².